The number of unbranched alkanes of at least 4 members (excludes halogenated alkanes) is 29. The van der Waals surface area contributed by atoms with E-state index in [1.54, 1.807) is 0 Å². The quantitative estimate of drug-likeness (QED) is 0.0321. The molecule has 0 saturated carbocycles. The first kappa shape index (κ1) is 60.8. The summed E-state index contributed by atoms with van der Waals surface area (Å²) in [4.78, 5) is 26.2. The van der Waals surface area contributed by atoms with Gasteiger partial charge in [0.2, 0.25) is 5.91 Å². The van der Waals surface area contributed by atoms with Crippen molar-refractivity contribution in [3.8, 4) is 0 Å². The highest BCUT2D eigenvalue weighted by molar-refractivity contribution is 5.77. The van der Waals surface area contributed by atoms with E-state index < -0.39 is 18.2 Å². The number of hydrogen-bond donors (Lipinski definition) is 3. The summed E-state index contributed by atoms with van der Waals surface area (Å²) in [5.74, 6) is -0.493. The first-order valence-electron chi connectivity index (χ1n) is 27.4. The van der Waals surface area contributed by atoms with Crippen LogP contribution in [-0.2, 0) is 14.3 Å². The lowest BCUT2D eigenvalue weighted by atomic mass is 10.0. The Bertz CT molecular complexity index is 1080. The summed E-state index contributed by atoms with van der Waals surface area (Å²) in [6, 6.07) is -0.709. The third kappa shape index (κ3) is 46.2. The number of hydrogen-bond acceptors (Lipinski definition) is 5. The summed E-state index contributed by atoms with van der Waals surface area (Å²) in [6.45, 7) is 6.38. The first-order valence-corrected chi connectivity index (χ1v) is 27.4. The van der Waals surface area contributed by atoms with Crippen molar-refractivity contribution >= 4 is 11.9 Å². The van der Waals surface area contributed by atoms with E-state index in [-0.39, 0.29) is 24.9 Å². The van der Waals surface area contributed by atoms with Crippen LogP contribution in [0.1, 0.15) is 278 Å². The molecule has 3 unspecified atom stereocenters. The fourth-order valence-corrected chi connectivity index (χ4v) is 8.26. The van der Waals surface area contributed by atoms with Gasteiger partial charge in [0.1, 0.15) is 6.10 Å². The average molecular weight is 884 g/mol. The number of rotatable bonds is 49. The zero-order chi connectivity index (χ0) is 45.9. The van der Waals surface area contributed by atoms with Crippen molar-refractivity contribution in [2.75, 3.05) is 6.61 Å². The molecule has 0 aromatic rings. The Labute approximate surface area is 391 Å². The maximum absolute atomic E-state index is 13.2. The fourth-order valence-electron chi connectivity index (χ4n) is 8.26. The van der Waals surface area contributed by atoms with Crippen LogP contribution in [0.4, 0.5) is 0 Å². The van der Waals surface area contributed by atoms with Crippen LogP contribution in [0, 0.1) is 0 Å². The fraction of sp³-hybridized carbons (Fsp3) is 0.825. The Hall–Kier alpha value is -2.18. The summed E-state index contributed by atoms with van der Waals surface area (Å²) in [5, 5.41) is 23.8. The van der Waals surface area contributed by atoms with Gasteiger partial charge in [0.25, 0.3) is 0 Å². The monoisotopic (exact) mass is 884 g/mol. The topological polar surface area (TPSA) is 95.9 Å². The SMILES string of the molecule is CC/C=C/C/C=C/C/C=C/CCCCCCC(CC(=O)NC(CO)C(O)CCCCCCCCCCCCCCC)OC(=O)CCCCCCCCC/C=C/CCCCCCCC. The Morgan fingerprint density at radius 3 is 1.32 bits per heavy atom. The van der Waals surface area contributed by atoms with Crippen molar-refractivity contribution in [1.29, 1.82) is 0 Å². The Morgan fingerprint density at radius 2 is 0.857 bits per heavy atom. The molecule has 3 atom stereocenters. The van der Waals surface area contributed by atoms with Gasteiger partial charge in [0.15, 0.2) is 0 Å². The maximum atomic E-state index is 13.2. The van der Waals surface area contributed by atoms with Gasteiger partial charge < -0.3 is 20.3 Å². The third-order valence-corrected chi connectivity index (χ3v) is 12.4. The van der Waals surface area contributed by atoms with Gasteiger partial charge in [0.05, 0.1) is 25.2 Å². The molecule has 3 N–H and O–H groups in total. The number of ether oxygens (including phenoxy) is 1. The van der Waals surface area contributed by atoms with Gasteiger partial charge in [-0.25, -0.2) is 0 Å². The molecular weight excluding hydrogens is 779 g/mol. The van der Waals surface area contributed by atoms with Crippen LogP contribution in [0.2, 0.25) is 0 Å². The molecule has 0 fully saturated rings. The molecule has 0 aliphatic rings. The smallest absolute Gasteiger partial charge is 0.306 e. The molecule has 0 bridgehead atoms. The molecular formula is C57H105NO5. The summed E-state index contributed by atoms with van der Waals surface area (Å²) in [6.07, 6.45) is 61.7. The summed E-state index contributed by atoms with van der Waals surface area (Å²) in [5.41, 5.74) is 0. The molecule has 0 aromatic carbocycles. The van der Waals surface area contributed by atoms with E-state index in [1.807, 2.05) is 0 Å². The molecule has 1 amide bonds. The number of aliphatic hydroxyl groups excluding tert-OH is 2. The second-order valence-electron chi connectivity index (χ2n) is 18.6. The molecule has 0 saturated heterocycles. The van der Waals surface area contributed by atoms with Crippen LogP contribution in [0.5, 0.6) is 0 Å². The van der Waals surface area contributed by atoms with Crippen LogP contribution >= 0.6 is 0 Å². The van der Waals surface area contributed by atoms with Crippen molar-refractivity contribution < 1.29 is 24.5 Å². The normalized spacial score (nSPS) is 13.5. The molecule has 0 aliphatic carbocycles. The highest BCUT2D eigenvalue weighted by Crippen LogP contribution is 2.18. The molecule has 6 heteroatoms. The van der Waals surface area contributed by atoms with E-state index in [1.165, 1.54) is 141 Å². The average Bonchev–Trinajstić information content (AvgIpc) is 3.28. The summed E-state index contributed by atoms with van der Waals surface area (Å²) < 4.78 is 5.94. The van der Waals surface area contributed by atoms with Crippen LogP contribution in [0.15, 0.2) is 48.6 Å². The van der Waals surface area contributed by atoms with Crippen molar-refractivity contribution in [2.45, 2.75) is 296 Å². The Balaban J connectivity index is 4.58. The minimum absolute atomic E-state index is 0.0619. The van der Waals surface area contributed by atoms with Crippen LogP contribution < -0.4 is 5.32 Å². The lowest BCUT2D eigenvalue weighted by molar-refractivity contribution is -0.151. The largest absolute Gasteiger partial charge is 0.462 e. The van der Waals surface area contributed by atoms with E-state index in [0.717, 1.165) is 89.9 Å². The molecule has 63 heavy (non-hydrogen) atoms. The second-order valence-corrected chi connectivity index (χ2v) is 18.6. The molecule has 368 valence electrons. The molecule has 0 rings (SSSR count). The lowest BCUT2D eigenvalue weighted by Crippen LogP contribution is -2.46. The van der Waals surface area contributed by atoms with Crippen molar-refractivity contribution in [3.05, 3.63) is 48.6 Å². The van der Waals surface area contributed by atoms with Gasteiger partial charge in [-0.3, -0.25) is 9.59 Å². The Kier molecular flexibility index (Phi) is 49.1. The number of esters is 1. The number of carbonyl (C=O) groups is 2. The van der Waals surface area contributed by atoms with E-state index in [0.29, 0.717) is 19.3 Å². The third-order valence-electron chi connectivity index (χ3n) is 12.4. The zero-order valence-electron chi connectivity index (χ0n) is 42.0. The Morgan fingerprint density at radius 1 is 0.476 bits per heavy atom. The molecule has 0 spiro atoms. The first-order chi connectivity index (χ1) is 31.0. The lowest BCUT2D eigenvalue weighted by Gasteiger charge is -2.24. The molecule has 0 heterocycles. The molecule has 6 nitrogen and oxygen atoms in total. The minimum atomic E-state index is -0.794. The van der Waals surface area contributed by atoms with Gasteiger partial charge in [-0.05, 0) is 83.5 Å². The summed E-state index contributed by atoms with van der Waals surface area (Å²) in [7, 11) is 0. The van der Waals surface area contributed by atoms with Crippen LogP contribution in [0.25, 0.3) is 0 Å². The standard InChI is InChI=1S/C57H105NO5/c1-4-7-10-13-16-19-22-25-27-28-29-32-35-38-41-44-47-50-57(62)63-53(48-45-42-39-36-33-31-26-23-20-17-14-11-8-5-2)51-56(61)58-54(52-59)55(60)49-46-43-40-37-34-30-24-21-18-15-12-9-6-3/h8,11,17,20,25-27,31,53-55,59-60H,4-7,9-10,12-16,18-19,21-24,28-30,32-52H2,1-3H3,(H,58,61)/b11-8+,20-17+,27-25+,31-26+. The highest BCUT2D eigenvalue weighted by Gasteiger charge is 2.24. The maximum Gasteiger partial charge on any atom is 0.306 e. The predicted molar refractivity (Wildman–Crippen MR) is 273 cm³/mol. The van der Waals surface area contributed by atoms with Gasteiger partial charge >= 0.3 is 5.97 Å². The van der Waals surface area contributed by atoms with Crippen LogP contribution in [-0.4, -0.2) is 46.9 Å². The number of amides is 1. The van der Waals surface area contributed by atoms with E-state index in [4.69, 9.17) is 4.74 Å². The highest BCUT2D eigenvalue weighted by atomic mass is 16.5. The number of aliphatic hydroxyl groups is 2. The van der Waals surface area contributed by atoms with E-state index in [2.05, 4.69) is 74.7 Å². The zero-order valence-corrected chi connectivity index (χ0v) is 42.0. The molecule has 0 aromatic heterocycles. The van der Waals surface area contributed by atoms with Crippen molar-refractivity contribution in [3.63, 3.8) is 0 Å². The molecule has 0 aliphatic heterocycles. The number of nitrogens with one attached hydrogen (secondary N) is 1. The van der Waals surface area contributed by atoms with Crippen molar-refractivity contribution in [2.24, 2.45) is 0 Å². The van der Waals surface area contributed by atoms with Gasteiger partial charge in [-0.2, -0.15) is 0 Å². The number of allylic oxidation sites excluding steroid dienone is 8. The predicted octanol–water partition coefficient (Wildman–Crippen LogP) is 16.6. The summed E-state index contributed by atoms with van der Waals surface area (Å²) >= 11 is 0. The minimum Gasteiger partial charge on any atom is -0.462 e. The van der Waals surface area contributed by atoms with Crippen LogP contribution in [0.3, 0.4) is 0 Å². The van der Waals surface area contributed by atoms with E-state index in [9.17, 15) is 19.8 Å². The number of carbonyl (C=O) groups excluding carboxylic acids is 2. The van der Waals surface area contributed by atoms with Gasteiger partial charge in [-0.15, -0.1) is 0 Å². The molecule has 0 radical (unpaired) electrons. The van der Waals surface area contributed by atoms with Crippen molar-refractivity contribution in [1.82, 2.24) is 5.32 Å². The van der Waals surface area contributed by atoms with Gasteiger partial charge in [-0.1, -0.05) is 230 Å². The van der Waals surface area contributed by atoms with Gasteiger partial charge in [0, 0.05) is 6.42 Å². The van der Waals surface area contributed by atoms with E-state index >= 15 is 0 Å². The second kappa shape index (κ2) is 50.8.